The van der Waals surface area contributed by atoms with Gasteiger partial charge in [0.25, 0.3) is 0 Å². The third-order valence-corrected chi connectivity index (χ3v) is 2.96. The van der Waals surface area contributed by atoms with E-state index in [-0.39, 0.29) is 5.82 Å². The summed E-state index contributed by atoms with van der Waals surface area (Å²) in [7, 11) is 1.72. The van der Waals surface area contributed by atoms with Crippen molar-refractivity contribution in [1.82, 2.24) is 9.78 Å². The molecule has 0 amide bonds. The number of hydrogen-bond acceptors (Lipinski definition) is 3. The minimum Gasteiger partial charge on any atom is -0.437 e. The topological polar surface area (TPSA) is 53.1 Å². The Bertz CT molecular complexity index is 568. The maximum absolute atomic E-state index is 13.3. The Morgan fingerprint density at radius 3 is 2.71 bits per heavy atom. The molecule has 0 unspecified atom stereocenters. The zero-order valence-corrected chi connectivity index (χ0v) is 11.0. The minimum atomic E-state index is -0.389. The number of hydrogen-bond donors (Lipinski definition) is 1. The smallest absolute Gasteiger partial charge is 0.241 e. The molecular weight excluding hydrogens is 289 g/mol. The summed E-state index contributed by atoms with van der Waals surface area (Å²) in [5.74, 6) is 0.393. The Kier molecular flexibility index (Phi) is 3.06. The molecule has 6 heteroatoms. The van der Waals surface area contributed by atoms with Crippen LogP contribution >= 0.6 is 15.9 Å². The van der Waals surface area contributed by atoms with Crippen LogP contribution in [0.2, 0.25) is 0 Å². The highest BCUT2D eigenvalue weighted by atomic mass is 79.9. The average Bonchev–Trinajstić information content (AvgIpc) is 2.50. The van der Waals surface area contributed by atoms with E-state index >= 15 is 0 Å². The van der Waals surface area contributed by atoms with Gasteiger partial charge in [0.05, 0.1) is 10.2 Å². The van der Waals surface area contributed by atoms with Crippen LogP contribution in [0.15, 0.2) is 22.7 Å². The molecular formula is C11H11BrFN3O. The molecule has 0 aliphatic rings. The molecule has 0 fully saturated rings. The van der Waals surface area contributed by atoms with Crippen LogP contribution < -0.4 is 10.5 Å². The molecule has 1 aromatic carbocycles. The molecule has 0 spiro atoms. The third-order valence-electron chi connectivity index (χ3n) is 2.32. The number of rotatable bonds is 2. The van der Waals surface area contributed by atoms with Crippen molar-refractivity contribution in [3.05, 3.63) is 34.2 Å². The van der Waals surface area contributed by atoms with Gasteiger partial charge in [-0.25, -0.2) is 9.07 Å². The number of nitrogen functional groups attached to an aromatic ring is 1. The van der Waals surface area contributed by atoms with Gasteiger partial charge in [-0.2, -0.15) is 5.10 Å². The first-order valence-electron chi connectivity index (χ1n) is 4.91. The summed E-state index contributed by atoms with van der Waals surface area (Å²) in [6.45, 7) is 1.78. The average molecular weight is 300 g/mol. The highest BCUT2D eigenvalue weighted by Gasteiger charge is 2.12. The second kappa shape index (κ2) is 4.37. The Balaban J connectivity index is 2.34. The molecule has 0 aliphatic carbocycles. The molecule has 0 atom stereocenters. The number of aromatic nitrogens is 2. The van der Waals surface area contributed by atoms with E-state index in [4.69, 9.17) is 10.5 Å². The third kappa shape index (κ3) is 2.26. The standard InChI is InChI=1S/C11H11BrFN3O/c1-6-10(14)11(16(2)15-6)17-7-3-4-8(12)9(13)5-7/h3-5H,14H2,1-2H3. The van der Waals surface area contributed by atoms with Crippen LogP contribution in [0.1, 0.15) is 5.69 Å². The second-order valence-electron chi connectivity index (χ2n) is 3.61. The first kappa shape index (κ1) is 11.9. The number of ether oxygens (including phenoxy) is 1. The number of halogens is 2. The zero-order chi connectivity index (χ0) is 12.6. The molecule has 1 aromatic heterocycles. The Labute approximate surface area is 106 Å². The van der Waals surface area contributed by atoms with Gasteiger partial charge in [0, 0.05) is 13.1 Å². The van der Waals surface area contributed by atoms with Crippen molar-refractivity contribution < 1.29 is 9.13 Å². The summed E-state index contributed by atoms with van der Waals surface area (Å²) in [4.78, 5) is 0. The Morgan fingerprint density at radius 1 is 1.47 bits per heavy atom. The molecule has 0 bridgehead atoms. The van der Waals surface area contributed by atoms with E-state index < -0.39 is 0 Å². The first-order valence-corrected chi connectivity index (χ1v) is 5.70. The van der Waals surface area contributed by atoms with Crippen LogP contribution in [0.4, 0.5) is 10.1 Å². The number of nitrogens with zero attached hydrogens (tertiary/aromatic N) is 2. The quantitative estimate of drug-likeness (QED) is 0.927. The number of benzene rings is 1. The maximum Gasteiger partial charge on any atom is 0.241 e. The fraction of sp³-hybridized carbons (Fsp3) is 0.182. The number of anilines is 1. The molecule has 0 radical (unpaired) electrons. The predicted octanol–water partition coefficient (Wildman–Crippen LogP) is 3.00. The van der Waals surface area contributed by atoms with Gasteiger partial charge in [0.15, 0.2) is 0 Å². The highest BCUT2D eigenvalue weighted by molar-refractivity contribution is 9.10. The molecule has 0 aliphatic heterocycles. The predicted molar refractivity (Wildman–Crippen MR) is 66.5 cm³/mol. The van der Waals surface area contributed by atoms with E-state index in [2.05, 4.69) is 21.0 Å². The van der Waals surface area contributed by atoms with Crippen molar-refractivity contribution in [3.63, 3.8) is 0 Å². The molecule has 0 saturated heterocycles. The molecule has 0 saturated carbocycles. The fourth-order valence-electron chi connectivity index (χ4n) is 1.43. The lowest BCUT2D eigenvalue weighted by atomic mass is 10.3. The van der Waals surface area contributed by atoms with Gasteiger partial charge in [-0.3, -0.25) is 0 Å². The van der Waals surface area contributed by atoms with Gasteiger partial charge in [0.2, 0.25) is 5.88 Å². The molecule has 2 rings (SSSR count). The van der Waals surface area contributed by atoms with E-state index in [1.54, 1.807) is 26.1 Å². The molecule has 2 N–H and O–H groups in total. The normalized spacial score (nSPS) is 10.6. The van der Waals surface area contributed by atoms with Crippen molar-refractivity contribution in [2.24, 2.45) is 7.05 Å². The SMILES string of the molecule is Cc1nn(C)c(Oc2ccc(Br)c(F)c2)c1N. The molecule has 1 heterocycles. The Hall–Kier alpha value is -1.56. The summed E-state index contributed by atoms with van der Waals surface area (Å²) in [6.07, 6.45) is 0. The lowest BCUT2D eigenvalue weighted by molar-refractivity contribution is 0.429. The van der Waals surface area contributed by atoms with Gasteiger partial charge in [0.1, 0.15) is 17.3 Å². The van der Waals surface area contributed by atoms with Crippen LogP contribution in [0.3, 0.4) is 0 Å². The van der Waals surface area contributed by atoms with Gasteiger partial charge in [-0.05, 0) is 35.0 Å². The monoisotopic (exact) mass is 299 g/mol. The van der Waals surface area contributed by atoms with Gasteiger partial charge >= 0.3 is 0 Å². The summed E-state index contributed by atoms with van der Waals surface area (Å²) < 4.78 is 20.7. The summed E-state index contributed by atoms with van der Waals surface area (Å²) >= 11 is 3.08. The van der Waals surface area contributed by atoms with E-state index in [1.807, 2.05) is 0 Å². The van der Waals surface area contributed by atoms with Gasteiger partial charge < -0.3 is 10.5 Å². The van der Waals surface area contributed by atoms with Crippen molar-refractivity contribution in [1.29, 1.82) is 0 Å². The Morgan fingerprint density at radius 2 is 2.18 bits per heavy atom. The van der Waals surface area contributed by atoms with Crippen molar-refractivity contribution in [3.8, 4) is 11.6 Å². The van der Waals surface area contributed by atoms with Crippen LogP contribution in [-0.4, -0.2) is 9.78 Å². The van der Waals surface area contributed by atoms with E-state index in [1.165, 1.54) is 10.7 Å². The van der Waals surface area contributed by atoms with E-state index in [0.717, 1.165) is 0 Å². The second-order valence-corrected chi connectivity index (χ2v) is 4.46. The largest absolute Gasteiger partial charge is 0.437 e. The number of aryl methyl sites for hydroxylation is 2. The van der Waals surface area contributed by atoms with E-state index in [0.29, 0.717) is 27.5 Å². The van der Waals surface area contributed by atoms with Crippen molar-refractivity contribution in [2.75, 3.05) is 5.73 Å². The van der Waals surface area contributed by atoms with Crippen LogP contribution in [-0.2, 0) is 7.05 Å². The first-order chi connectivity index (χ1) is 7.99. The number of nitrogens with two attached hydrogens (primary N) is 1. The van der Waals surface area contributed by atoms with Gasteiger partial charge in [-0.15, -0.1) is 0 Å². The molecule has 2 aromatic rings. The summed E-state index contributed by atoms with van der Waals surface area (Å²) in [6, 6.07) is 4.50. The van der Waals surface area contributed by atoms with Gasteiger partial charge in [-0.1, -0.05) is 0 Å². The zero-order valence-electron chi connectivity index (χ0n) is 9.37. The van der Waals surface area contributed by atoms with Crippen LogP contribution in [0, 0.1) is 12.7 Å². The van der Waals surface area contributed by atoms with E-state index in [9.17, 15) is 4.39 Å². The minimum absolute atomic E-state index is 0.375. The highest BCUT2D eigenvalue weighted by Crippen LogP contribution is 2.30. The molecule has 4 nitrogen and oxygen atoms in total. The van der Waals surface area contributed by atoms with Crippen LogP contribution in [0.5, 0.6) is 11.6 Å². The van der Waals surface area contributed by atoms with Crippen molar-refractivity contribution in [2.45, 2.75) is 6.92 Å². The summed E-state index contributed by atoms with van der Waals surface area (Å²) in [5.41, 5.74) is 6.94. The fourth-order valence-corrected chi connectivity index (χ4v) is 1.67. The lowest BCUT2D eigenvalue weighted by Crippen LogP contribution is -1.97. The van der Waals surface area contributed by atoms with Crippen molar-refractivity contribution >= 4 is 21.6 Å². The summed E-state index contributed by atoms with van der Waals surface area (Å²) in [5, 5.41) is 4.11. The lowest BCUT2D eigenvalue weighted by Gasteiger charge is -2.07. The van der Waals surface area contributed by atoms with Crippen LogP contribution in [0.25, 0.3) is 0 Å². The maximum atomic E-state index is 13.3. The molecule has 17 heavy (non-hydrogen) atoms. The molecule has 90 valence electrons.